The number of amides is 4. The predicted octanol–water partition coefficient (Wildman–Crippen LogP) is 8.10. The molecule has 262 valence electrons. The van der Waals surface area contributed by atoms with Crippen molar-refractivity contribution in [3.63, 3.8) is 0 Å². The van der Waals surface area contributed by atoms with Crippen LogP contribution in [0.5, 0.6) is 0 Å². The molecule has 0 saturated carbocycles. The Morgan fingerprint density at radius 2 is 1.24 bits per heavy atom. The molecule has 1 unspecified atom stereocenters. The van der Waals surface area contributed by atoms with Gasteiger partial charge < -0.3 is 24.6 Å². The molecule has 1 rings (SSSR count). The molecule has 1 aliphatic heterocycles. The number of likely N-dealkylation sites (tertiary alicyclic amines) is 1. The number of nitrogens with one attached hydrogen (secondary N) is 1. The maximum absolute atomic E-state index is 12.9. The summed E-state index contributed by atoms with van der Waals surface area (Å²) < 4.78 is 5.45. The van der Waals surface area contributed by atoms with Gasteiger partial charge in [0.05, 0.1) is 6.61 Å². The minimum absolute atomic E-state index is 0.00950. The number of ether oxygens (including phenoxy) is 1. The summed E-state index contributed by atoms with van der Waals surface area (Å²) in [6.45, 7) is 5.85. The molecule has 1 N–H and O–H groups in total. The van der Waals surface area contributed by atoms with E-state index in [1.807, 2.05) is 23.9 Å². The van der Waals surface area contributed by atoms with Crippen molar-refractivity contribution < 1.29 is 23.9 Å². The molecule has 1 heterocycles. The van der Waals surface area contributed by atoms with Gasteiger partial charge in [-0.25, -0.2) is 14.5 Å². The second kappa shape index (κ2) is 27.0. The lowest BCUT2D eigenvalue weighted by atomic mass is 10.00. The van der Waals surface area contributed by atoms with E-state index in [0.717, 1.165) is 58.0 Å². The Bertz CT molecular complexity index is 806. The monoisotopic (exact) mass is 637 g/mol. The SMILES string of the molecule is CC(=O)CCCCCCCCCCCCCCCCCCNC(=O)N1CCCCC1CCOC(=O)N(CCCN(C)C)C(C)=O. The Morgan fingerprint density at radius 3 is 1.76 bits per heavy atom. The van der Waals surface area contributed by atoms with Gasteiger partial charge in [-0.3, -0.25) is 4.79 Å². The molecule has 0 bridgehead atoms. The number of hydrogen-bond donors (Lipinski definition) is 1. The first-order chi connectivity index (χ1) is 21.7. The highest BCUT2D eigenvalue weighted by Crippen LogP contribution is 2.20. The Kier molecular flexibility index (Phi) is 24.5. The summed E-state index contributed by atoms with van der Waals surface area (Å²) in [5, 5.41) is 3.11. The lowest BCUT2D eigenvalue weighted by Crippen LogP contribution is -2.49. The van der Waals surface area contributed by atoms with Gasteiger partial charge in [0.25, 0.3) is 0 Å². The lowest BCUT2D eigenvalue weighted by molar-refractivity contribution is -0.127. The van der Waals surface area contributed by atoms with Crippen molar-refractivity contribution in [1.82, 2.24) is 20.0 Å². The number of carbonyl (C=O) groups is 4. The average molecular weight is 637 g/mol. The fourth-order valence-electron chi connectivity index (χ4n) is 6.12. The van der Waals surface area contributed by atoms with E-state index in [1.54, 1.807) is 6.92 Å². The second-order valence-electron chi connectivity index (χ2n) is 13.4. The number of Topliss-reactive ketones (excluding diaryl/α,β-unsaturated/α-hetero) is 1. The normalized spacial score (nSPS) is 14.9. The maximum atomic E-state index is 12.9. The van der Waals surface area contributed by atoms with Gasteiger partial charge in [-0.05, 0) is 66.1 Å². The van der Waals surface area contributed by atoms with E-state index in [2.05, 4.69) is 5.32 Å². The fourth-order valence-corrected chi connectivity index (χ4v) is 6.12. The van der Waals surface area contributed by atoms with Crippen LogP contribution in [-0.2, 0) is 14.3 Å². The first kappa shape index (κ1) is 40.9. The molecular formula is C36H68N4O5. The van der Waals surface area contributed by atoms with Crippen LogP contribution in [0.3, 0.4) is 0 Å². The number of ketones is 1. The van der Waals surface area contributed by atoms with Gasteiger partial charge in [0.2, 0.25) is 5.91 Å². The lowest BCUT2D eigenvalue weighted by Gasteiger charge is -2.35. The summed E-state index contributed by atoms with van der Waals surface area (Å²) in [5.41, 5.74) is 0. The van der Waals surface area contributed by atoms with Crippen molar-refractivity contribution in [3.05, 3.63) is 0 Å². The minimum atomic E-state index is -0.593. The molecule has 9 heteroatoms. The average Bonchev–Trinajstić information content (AvgIpc) is 3.00. The molecule has 0 aliphatic carbocycles. The van der Waals surface area contributed by atoms with Crippen molar-refractivity contribution in [2.75, 3.05) is 46.9 Å². The molecule has 1 saturated heterocycles. The number of urea groups is 1. The Hall–Kier alpha value is -2.16. The van der Waals surface area contributed by atoms with Crippen LogP contribution in [0.15, 0.2) is 0 Å². The number of hydrogen-bond acceptors (Lipinski definition) is 6. The molecule has 0 aromatic heterocycles. The third-order valence-electron chi connectivity index (χ3n) is 8.88. The van der Waals surface area contributed by atoms with Gasteiger partial charge in [-0.2, -0.15) is 0 Å². The van der Waals surface area contributed by atoms with Crippen LogP contribution in [0.25, 0.3) is 0 Å². The number of unbranched alkanes of at least 4 members (excludes halogenated alkanes) is 15. The third kappa shape index (κ3) is 22.1. The van der Waals surface area contributed by atoms with Gasteiger partial charge in [0.1, 0.15) is 5.78 Å². The molecular weight excluding hydrogens is 568 g/mol. The molecule has 0 spiro atoms. The van der Waals surface area contributed by atoms with Crippen molar-refractivity contribution in [2.45, 2.75) is 161 Å². The van der Waals surface area contributed by atoms with Crippen molar-refractivity contribution in [3.8, 4) is 0 Å². The van der Waals surface area contributed by atoms with Crippen molar-refractivity contribution >= 4 is 23.8 Å². The van der Waals surface area contributed by atoms with E-state index in [4.69, 9.17) is 4.74 Å². The first-order valence-electron chi connectivity index (χ1n) is 18.4. The fraction of sp³-hybridized carbons (Fsp3) is 0.889. The zero-order chi connectivity index (χ0) is 33.1. The Labute approximate surface area is 275 Å². The summed E-state index contributed by atoms with van der Waals surface area (Å²) in [6.07, 6.45) is 24.7. The number of piperidine rings is 1. The second-order valence-corrected chi connectivity index (χ2v) is 13.4. The Balaban J connectivity index is 2.05. The number of carbonyl (C=O) groups excluding carboxylic acids is 4. The summed E-state index contributed by atoms with van der Waals surface area (Å²) >= 11 is 0. The third-order valence-corrected chi connectivity index (χ3v) is 8.88. The molecule has 4 amide bonds. The minimum Gasteiger partial charge on any atom is -0.449 e. The van der Waals surface area contributed by atoms with E-state index in [1.165, 1.54) is 95.3 Å². The molecule has 0 aromatic carbocycles. The molecule has 0 radical (unpaired) electrons. The highest BCUT2D eigenvalue weighted by Gasteiger charge is 2.27. The molecule has 1 aliphatic rings. The number of nitrogens with zero attached hydrogens (tertiary/aromatic N) is 3. The van der Waals surface area contributed by atoms with E-state index in [-0.39, 0.29) is 24.6 Å². The quantitative estimate of drug-likeness (QED) is 0.0964. The van der Waals surface area contributed by atoms with Crippen molar-refractivity contribution in [2.24, 2.45) is 0 Å². The summed E-state index contributed by atoms with van der Waals surface area (Å²) in [6, 6.07) is 0.0464. The van der Waals surface area contributed by atoms with Crippen LogP contribution < -0.4 is 5.32 Å². The van der Waals surface area contributed by atoms with Crippen LogP contribution >= 0.6 is 0 Å². The van der Waals surface area contributed by atoms with Gasteiger partial charge in [-0.1, -0.05) is 89.9 Å². The largest absolute Gasteiger partial charge is 0.449 e. The summed E-state index contributed by atoms with van der Waals surface area (Å²) in [7, 11) is 3.92. The smallest absolute Gasteiger partial charge is 0.416 e. The highest BCUT2D eigenvalue weighted by molar-refractivity contribution is 5.90. The highest BCUT2D eigenvalue weighted by atomic mass is 16.6. The number of imide groups is 1. The van der Waals surface area contributed by atoms with Crippen molar-refractivity contribution in [1.29, 1.82) is 0 Å². The van der Waals surface area contributed by atoms with Gasteiger partial charge in [-0.15, -0.1) is 0 Å². The summed E-state index contributed by atoms with van der Waals surface area (Å²) in [5.74, 6) is 0.0157. The van der Waals surface area contributed by atoms with Crippen LogP contribution in [0.4, 0.5) is 9.59 Å². The van der Waals surface area contributed by atoms with Gasteiger partial charge in [0, 0.05) is 45.4 Å². The van der Waals surface area contributed by atoms with E-state index in [9.17, 15) is 19.2 Å². The first-order valence-corrected chi connectivity index (χ1v) is 18.4. The topological polar surface area (TPSA) is 99.3 Å². The summed E-state index contributed by atoms with van der Waals surface area (Å²) in [4.78, 5) is 53.4. The zero-order valence-electron chi connectivity index (χ0n) is 29.6. The van der Waals surface area contributed by atoms with Gasteiger partial charge >= 0.3 is 12.1 Å². The maximum Gasteiger partial charge on any atom is 0.416 e. The molecule has 9 nitrogen and oxygen atoms in total. The van der Waals surface area contributed by atoms with Crippen LogP contribution in [0.2, 0.25) is 0 Å². The van der Waals surface area contributed by atoms with Crippen LogP contribution in [0.1, 0.15) is 155 Å². The van der Waals surface area contributed by atoms with Crippen LogP contribution in [0, 0.1) is 0 Å². The van der Waals surface area contributed by atoms with E-state index >= 15 is 0 Å². The molecule has 1 fully saturated rings. The molecule has 45 heavy (non-hydrogen) atoms. The van der Waals surface area contributed by atoms with E-state index in [0.29, 0.717) is 31.7 Å². The number of rotatable bonds is 26. The van der Waals surface area contributed by atoms with Crippen LogP contribution in [-0.4, -0.2) is 91.4 Å². The van der Waals surface area contributed by atoms with Gasteiger partial charge in [0.15, 0.2) is 0 Å². The standard InChI is InChI=1S/C36H68N4O5/c1-32(41)24-19-17-15-13-11-9-7-5-6-8-10-12-14-16-18-21-27-37-35(43)40-29-22-20-25-34(40)26-31-45-36(44)39(33(2)42)30-23-28-38(3)4/h34H,5-31H2,1-4H3,(H,37,43). The molecule has 1 atom stereocenters. The zero-order valence-corrected chi connectivity index (χ0v) is 29.6. The van der Waals surface area contributed by atoms with E-state index < -0.39 is 6.09 Å². The molecule has 0 aromatic rings. The predicted molar refractivity (Wildman–Crippen MR) is 183 cm³/mol. The Morgan fingerprint density at radius 1 is 0.711 bits per heavy atom.